The van der Waals surface area contributed by atoms with Crippen LogP contribution in [0.15, 0.2) is 48.5 Å². The largest absolute Gasteiger partial charge is 0.493 e. The molecule has 0 unspecified atom stereocenters. The molecule has 2 amide bonds. The van der Waals surface area contributed by atoms with Gasteiger partial charge in [-0.1, -0.05) is 50.2 Å². The molecule has 2 fully saturated rings. The lowest BCUT2D eigenvalue weighted by Crippen LogP contribution is -2.50. The Labute approximate surface area is 224 Å². The normalized spacial score (nSPS) is 28.8. The topological polar surface area (TPSA) is 100 Å². The summed E-state index contributed by atoms with van der Waals surface area (Å²) in [6, 6.07) is 15.2. The lowest BCUT2D eigenvalue weighted by atomic mass is 9.99. The van der Waals surface area contributed by atoms with E-state index in [2.05, 4.69) is 29.4 Å². The third kappa shape index (κ3) is 6.20. The number of fused-ring (bicyclic) bond motifs is 5. The maximum atomic E-state index is 13.5. The number of ether oxygens (including phenoxy) is 2. The van der Waals surface area contributed by atoms with E-state index in [9.17, 15) is 14.7 Å². The van der Waals surface area contributed by atoms with Gasteiger partial charge in [-0.2, -0.15) is 0 Å². The molecule has 8 heteroatoms. The van der Waals surface area contributed by atoms with Gasteiger partial charge in [0.15, 0.2) is 0 Å². The summed E-state index contributed by atoms with van der Waals surface area (Å²) in [6.07, 6.45) is 1.34. The van der Waals surface area contributed by atoms with Crippen LogP contribution in [0.3, 0.4) is 0 Å². The van der Waals surface area contributed by atoms with E-state index < -0.39 is 18.2 Å². The first kappa shape index (κ1) is 26.7. The number of nitrogens with one attached hydrogen (secondary N) is 2. The Morgan fingerprint density at radius 2 is 1.89 bits per heavy atom. The second-order valence-electron chi connectivity index (χ2n) is 11.1. The zero-order chi connectivity index (χ0) is 26.6. The summed E-state index contributed by atoms with van der Waals surface area (Å²) in [5, 5.41) is 16.7. The summed E-state index contributed by atoms with van der Waals surface area (Å²) in [5.41, 5.74) is 2.72. The molecule has 0 aliphatic carbocycles. The minimum Gasteiger partial charge on any atom is -0.493 e. The van der Waals surface area contributed by atoms with Crippen molar-refractivity contribution in [1.29, 1.82) is 0 Å². The maximum absolute atomic E-state index is 13.5. The van der Waals surface area contributed by atoms with E-state index in [1.54, 1.807) is 0 Å². The van der Waals surface area contributed by atoms with Crippen molar-refractivity contribution in [3.8, 4) is 5.75 Å². The first-order valence-electron chi connectivity index (χ1n) is 13.8. The van der Waals surface area contributed by atoms with Crippen molar-refractivity contribution in [1.82, 2.24) is 15.5 Å². The maximum Gasteiger partial charge on any atom is 0.255 e. The number of amides is 2. The number of hydrogen-bond acceptors (Lipinski definition) is 6. The van der Waals surface area contributed by atoms with Gasteiger partial charge in [-0.15, -0.1) is 0 Å². The molecule has 0 saturated carbocycles. The highest BCUT2D eigenvalue weighted by atomic mass is 16.5. The van der Waals surface area contributed by atoms with Crippen LogP contribution in [0.4, 0.5) is 0 Å². The van der Waals surface area contributed by atoms with E-state index in [-0.39, 0.29) is 30.5 Å². The smallest absolute Gasteiger partial charge is 0.255 e. The number of rotatable bonds is 3. The van der Waals surface area contributed by atoms with Gasteiger partial charge in [0.05, 0.1) is 30.4 Å². The lowest BCUT2D eigenvalue weighted by molar-refractivity contribution is -0.133. The highest BCUT2D eigenvalue weighted by molar-refractivity contribution is 5.97. The fourth-order valence-corrected chi connectivity index (χ4v) is 5.71. The van der Waals surface area contributed by atoms with Gasteiger partial charge < -0.3 is 25.2 Å². The van der Waals surface area contributed by atoms with E-state index in [0.717, 1.165) is 17.5 Å². The predicted octanol–water partition coefficient (Wildman–Crippen LogP) is 2.99. The number of aliphatic hydroxyl groups is 1. The number of carbonyl (C=O) groups excluding carboxylic acids is 2. The summed E-state index contributed by atoms with van der Waals surface area (Å²) < 4.78 is 12.4. The van der Waals surface area contributed by atoms with Crippen molar-refractivity contribution in [2.45, 2.75) is 82.4 Å². The van der Waals surface area contributed by atoms with Gasteiger partial charge in [0.2, 0.25) is 5.91 Å². The van der Waals surface area contributed by atoms with Crippen molar-refractivity contribution in [2.24, 2.45) is 0 Å². The van der Waals surface area contributed by atoms with Gasteiger partial charge in [0, 0.05) is 32.1 Å². The highest BCUT2D eigenvalue weighted by Crippen LogP contribution is 2.28. The minimum atomic E-state index is -0.614. The fourth-order valence-electron chi connectivity index (χ4n) is 5.71. The molecule has 204 valence electrons. The monoisotopic (exact) mass is 521 g/mol. The van der Waals surface area contributed by atoms with Gasteiger partial charge in [-0.05, 0) is 48.4 Å². The molecule has 3 aliphatic rings. The third-order valence-electron chi connectivity index (χ3n) is 7.94. The molecule has 4 bridgehead atoms. The lowest BCUT2D eigenvalue weighted by Gasteiger charge is -2.34. The zero-order valence-electron chi connectivity index (χ0n) is 22.3. The standard InChI is InChI=1S/C30H39N3O5/c1-19(2)21-8-10-24-27(14-21)37-13-12-23-9-11-26(34)28(38-23)16-31-30(36)25-15-22(32-29(24)35)18-33(25)17-20-6-4-3-5-7-20/h3-8,10,14,19,22-23,25-26,28,34H,9,11-13,15-18H2,1-2H3,(H,31,36)(H,32,35)/t22-,23-,25-,26-,28+/m0/s1. The second-order valence-corrected chi connectivity index (χ2v) is 11.1. The van der Waals surface area contributed by atoms with Crippen LogP contribution >= 0.6 is 0 Å². The summed E-state index contributed by atoms with van der Waals surface area (Å²) in [7, 11) is 0. The number of hydrogen-bond donors (Lipinski definition) is 3. The Hall–Kier alpha value is -2.94. The van der Waals surface area contributed by atoms with Crippen molar-refractivity contribution in [3.05, 3.63) is 65.2 Å². The summed E-state index contributed by atoms with van der Waals surface area (Å²) in [5.74, 6) is 0.580. The first-order valence-corrected chi connectivity index (χ1v) is 13.8. The van der Waals surface area contributed by atoms with Crippen molar-refractivity contribution < 1.29 is 24.2 Å². The molecule has 3 N–H and O–H groups in total. The van der Waals surface area contributed by atoms with E-state index in [1.807, 2.05) is 48.5 Å². The fraction of sp³-hybridized carbons (Fsp3) is 0.533. The van der Waals surface area contributed by atoms with Crippen LogP contribution in [0.5, 0.6) is 5.75 Å². The second kappa shape index (κ2) is 11.8. The minimum absolute atomic E-state index is 0.0794. The third-order valence-corrected chi connectivity index (χ3v) is 7.94. The number of carbonyl (C=O) groups is 2. The summed E-state index contributed by atoms with van der Waals surface area (Å²) in [4.78, 5) is 29.0. The van der Waals surface area contributed by atoms with Crippen LogP contribution < -0.4 is 15.4 Å². The average molecular weight is 522 g/mol. The Bertz CT molecular complexity index is 1120. The molecule has 0 aromatic heterocycles. The molecule has 2 saturated heterocycles. The molecule has 0 spiro atoms. The number of benzene rings is 2. The Morgan fingerprint density at radius 3 is 2.68 bits per heavy atom. The van der Waals surface area contributed by atoms with Crippen LogP contribution in [0, 0.1) is 0 Å². The zero-order valence-corrected chi connectivity index (χ0v) is 22.3. The quantitative estimate of drug-likeness (QED) is 0.574. The van der Waals surface area contributed by atoms with Crippen molar-refractivity contribution >= 4 is 11.8 Å². The SMILES string of the molecule is CC(C)c1ccc2c(c1)OCC[C@@H]1CC[C@H](O)[C@@H](CNC(=O)[C@@H]3C[C@@H](CN3Cc3ccccc3)NC2=O)O1. The molecule has 0 radical (unpaired) electrons. The van der Waals surface area contributed by atoms with E-state index in [4.69, 9.17) is 9.47 Å². The highest BCUT2D eigenvalue weighted by Gasteiger charge is 2.39. The molecule has 5 atom stereocenters. The number of aliphatic hydroxyl groups excluding tert-OH is 1. The molecular formula is C30H39N3O5. The Kier molecular flexibility index (Phi) is 8.31. The van der Waals surface area contributed by atoms with Crippen LogP contribution in [0.1, 0.15) is 66.9 Å². The molecule has 5 rings (SSSR count). The Morgan fingerprint density at radius 1 is 1.08 bits per heavy atom. The van der Waals surface area contributed by atoms with Crippen LogP contribution in [-0.4, -0.2) is 71.9 Å². The van der Waals surface area contributed by atoms with Crippen molar-refractivity contribution in [2.75, 3.05) is 19.7 Å². The van der Waals surface area contributed by atoms with E-state index in [0.29, 0.717) is 56.2 Å². The number of likely N-dealkylation sites (tertiary alicyclic amines) is 1. The van der Waals surface area contributed by atoms with Gasteiger partial charge in [-0.3, -0.25) is 14.5 Å². The molecule has 8 nitrogen and oxygen atoms in total. The summed E-state index contributed by atoms with van der Waals surface area (Å²) >= 11 is 0. The molecule has 38 heavy (non-hydrogen) atoms. The summed E-state index contributed by atoms with van der Waals surface area (Å²) in [6.45, 7) is 6.05. The number of nitrogens with zero attached hydrogens (tertiary/aromatic N) is 1. The van der Waals surface area contributed by atoms with Crippen LogP contribution in [0.25, 0.3) is 0 Å². The molecule has 2 aromatic carbocycles. The van der Waals surface area contributed by atoms with E-state index in [1.165, 1.54) is 0 Å². The molecule has 3 heterocycles. The Balaban J connectivity index is 1.42. The van der Waals surface area contributed by atoms with Crippen LogP contribution in [0.2, 0.25) is 0 Å². The predicted molar refractivity (Wildman–Crippen MR) is 144 cm³/mol. The van der Waals surface area contributed by atoms with E-state index >= 15 is 0 Å². The van der Waals surface area contributed by atoms with Gasteiger partial charge >= 0.3 is 0 Å². The molecular weight excluding hydrogens is 482 g/mol. The van der Waals surface area contributed by atoms with Gasteiger partial charge in [-0.25, -0.2) is 0 Å². The molecule has 3 aliphatic heterocycles. The van der Waals surface area contributed by atoms with Crippen molar-refractivity contribution in [3.63, 3.8) is 0 Å². The average Bonchev–Trinajstić information content (AvgIpc) is 3.30. The van der Waals surface area contributed by atoms with Gasteiger partial charge in [0.1, 0.15) is 11.9 Å². The first-order chi connectivity index (χ1) is 18.4. The molecule has 2 aromatic rings. The van der Waals surface area contributed by atoms with Crippen LogP contribution in [-0.2, 0) is 16.1 Å². The van der Waals surface area contributed by atoms with Gasteiger partial charge in [0.25, 0.3) is 5.91 Å².